The van der Waals surface area contributed by atoms with Crippen LogP contribution in [0, 0.1) is 0 Å². The van der Waals surface area contributed by atoms with Crippen LogP contribution >= 0.6 is 0 Å². The van der Waals surface area contributed by atoms with Crippen LogP contribution in [0.25, 0.3) is 0 Å². The van der Waals surface area contributed by atoms with Crippen molar-refractivity contribution in [3.63, 3.8) is 0 Å². The summed E-state index contributed by atoms with van der Waals surface area (Å²) in [6.07, 6.45) is -3.82. The first-order valence-corrected chi connectivity index (χ1v) is 6.71. The predicted octanol–water partition coefficient (Wildman–Crippen LogP) is 1.86. The molecular formula is C14H19F3N2O3. The molecule has 0 radical (unpaired) electrons. The van der Waals surface area contributed by atoms with Crippen molar-refractivity contribution >= 4 is 5.91 Å². The molecule has 124 valence electrons. The lowest BCUT2D eigenvalue weighted by Crippen LogP contribution is -2.32. The Labute approximate surface area is 126 Å². The highest BCUT2D eigenvalue weighted by Crippen LogP contribution is 2.28. The van der Waals surface area contributed by atoms with Crippen LogP contribution in [0.1, 0.15) is 13.3 Å². The lowest BCUT2D eigenvalue weighted by Gasteiger charge is -2.14. The van der Waals surface area contributed by atoms with Crippen molar-refractivity contribution in [2.45, 2.75) is 25.6 Å². The first-order valence-electron chi connectivity index (χ1n) is 6.71. The van der Waals surface area contributed by atoms with Gasteiger partial charge in [-0.25, -0.2) is 0 Å². The molecule has 0 heterocycles. The molecule has 5 nitrogen and oxygen atoms in total. The highest BCUT2D eigenvalue weighted by molar-refractivity contribution is 5.77. The summed E-state index contributed by atoms with van der Waals surface area (Å²) in [5.41, 5.74) is 5.54. The van der Waals surface area contributed by atoms with Gasteiger partial charge in [0.25, 0.3) is 5.91 Å². The molecule has 1 aromatic rings. The second kappa shape index (κ2) is 8.47. The van der Waals surface area contributed by atoms with E-state index >= 15 is 0 Å². The van der Waals surface area contributed by atoms with Crippen LogP contribution in [0.4, 0.5) is 13.2 Å². The van der Waals surface area contributed by atoms with E-state index in [-0.39, 0.29) is 30.1 Å². The lowest BCUT2D eigenvalue weighted by molar-refractivity contribution is -0.153. The summed E-state index contributed by atoms with van der Waals surface area (Å²) in [7, 11) is 0. The van der Waals surface area contributed by atoms with Crippen molar-refractivity contribution in [1.82, 2.24) is 5.32 Å². The van der Waals surface area contributed by atoms with Crippen LogP contribution in [0.5, 0.6) is 11.5 Å². The Morgan fingerprint density at radius 2 is 1.86 bits per heavy atom. The van der Waals surface area contributed by atoms with Gasteiger partial charge in [0.05, 0.1) is 0 Å². The average molecular weight is 320 g/mol. The minimum atomic E-state index is -4.44. The SMILES string of the molecule is CC(N)CCNC(=O)COc1ccccc1OCC(F)(F)F. The van der Waals surface area contributed by atoms with Crippen molar-refractivity contribution in [2.75, 3.05) is 19.8 Å². The van der Waals surface area contributed by atoms with Gasteiger partial charge in [-0.2, -0.15) is 13.2 Å². The average Bonchev–Trinajstić information content (AvgIpc) is 2.42. The fourth-order valence-electron chi connectivity index (χ4n) is 1.48. The van der Waals surface area contributed by atoms with Gasteiger partial charge in [0, 0.05) is 12.6 Å². The fourth-order valence-corrected chi connectivity index (χ4v) is 1.48. The molecule has 0 aromatic heterocycles. The van der Waals surface area contributed by atoms with E-state index in [1.54, 1.807) is 6.07 Å². The van der Waals surface area contributed by atoms with Gasteiger partial charge < -0.3 is 20.5 Å². The third kappa shape index (κ3) is 7.72. The molecule has 0 aliphatic rings. The summed E-state index contributed by atoms with van der Waals surface area (Å²) in [6.45, 7) is 0.488. The van der Waals surface area contributed by atoms with Crippen LogP contribution < -0.4 is 20.5 Å². The van der Waals surface area contributed by atoms with Gasteiger partial charge >= 0.3 is 6.18 Å². The molecule has 0 aliphatic carbocycles. The van der Waals surface area contributed by atoms with Crippen LogP contribution in [0.3, 0.4) is 0 Å². The number of alkyl halides is 3. The first kappa shape index (κ1) is 18.1. The number of amides is 1. The van der Waals surface area contributed by atoms with E-state index in [1.807, 2.05) is 6.92 Å². The molecule has 8 heteroatoms. The van der Waals surface area contributed by atoms with Gasteiger partial charge in [0.2, 0.25) is 0 Å². The Kier molecular flexibility index (Phi) is 6.97. The van der Waals surface area contributed by atoms with Crippen LogP contribution in [0.2, 0.25) is 0 Å². The molecule has 0 bridgehead atoms. The van der Waals surface area contributed by atoms with Gasteiger partial charge in [-0.1, -0.05) is 12.1 Å². The Bertz CT molecular complexity index is 479. The monoisotopic (exact) mass is 320 g/mol. The van der Waals surface area contributed by atoms with Crippen molar-refractivity contribution in [1.29, 1.82) is 0 Å². The van der Waals surface area contributed by atoms with Gasteiger partial charge in [-0.3, -0.25) is 4.79 Å². The molecule has 1 atom stereocenters. The third-order valence-corrected chi connectivity index (χ3v) is 2.52. The van der Waals surface area contributed by atoms with Crippen molar-refractivity contribution < 1.29 is 27.4 Å². The Hall–Kier alpha value is -1.96. The van der Waals surface area contributed by atoms with Crippen molar-refractivity contribution in [2.24, 2.45) is 5.73 Å². The maximum absolute atomic E-state index is 12.2. The standard InChI is InChI=1S/C14H19F3N2O3/c1-10(18)6-7-19-13(20)8-21-11-4-2-3-5-12(11)22-9-14(15,16)17/h2-5,10H,6-9,18H2,1H3,(H,19,20). The normalized spacial score (nSPS) is 12.6. The Morgan fingerprint density at radius 3 is 2.41 bits per heavy atom. The number of para-hydroxylation sites is 2. The quantitative estimate of drug-likeness (QED) is 0.767. The molecule has 1 rings (SSSR count). The number of hydrogen-bond donors (Lipinski definition) is 2. The number of halogens is 3. The van der Waals surface area contributed by atoms with E-state index in [0.29, 0.717) is 13.0 Å². The molecule has 3 N–H and O–H groups in total. The van der Waals surface area contributed by atoms with Gasteiger partial charge in [-0.15, -0.1) is 0 Å². The van der Waals surface area contributed by atoms with E-state index in [1.165, 1.54) is 18.2 Å². The summed E-state index contributed by atoms with van der Waals surface area (Å²) in [5.74, 6) is -0.372. The second-order valence-electron chi connectivity index (χ2n) is 4.76. The highest BCUT2D eigenvalue weighted by atomic mass is 19.4. The molecule has 0 saturated heterocycles. The highest BCUT2D eigenvalue weighted by Gasteiger charge is 2.29. The molecule has 0 saturated carbocycles. The number of carbonyl (C=O) groups excluding carboxylic acids is 1. The number of hydrogen-bond acceptors (Lipinski definition) is 4. The van der Waals surface area contributed by atoms with Gasteiger partial charge in [0.15, 0.2) is 24.7 Å². The molecule has 22 heavy (non-hydrogen) atoms. The smallest absolute Gasteiger partial charge is 0.422 e. The number of ether oxygens (including phenoxy) is 2. The summed E-state index contributed by atoms with van der Waals surface area (Å²) in [5, 5.41) is 2.60. The minimum Gasteiger partial charge on any atom is -0.480 e. The number of nitrogens with one attached hydrogen (secondary N) is 1. The third-order valence-electron chi connectivity index (χ3n) is 2.52. The number of benzene rings is 1. The fraction of sp³-hybridized carbons (Fsp3) is 0.500. The van der Waals surface area contributed by atoms with E-state index in [9.17, 15) is 18.0 Å². The molecule has 0 fully saturated rings. The summed E-state index contributed by atoms with van der Waals surface area (Å²) < 4.78 is 46.3. The number of nitrogens with two attached hydrogens (primary N) is 1. The predicted molar refractivity (Wildman–Crippen MR) is 74.8 cm³/mol. The summed E-state index contributed by atoms with van der Waals surface area (Å²) >= 11 is 0. The van der Waals surface area contributed by atoms with Crippen LogP contribution in [-0.2, 0) is 4.79 Å². The van der Waals surface area contributed by atoms with Gasteiger partial charge in [0.1, 0.15) is 0 Å². The van der Waals surface area contributed by atoms with Crippen molar-refractivity contribution in [3.8, 4) is 11.5 Å². The van der Waals surface area contributed by atoms with Gasteiger partial charge in [-0.05, 0) is 25.5 Å². The zero-order valence-corrected chi connectivity index (χ0v) is 12.2. The molecule has 1 aromatic carbocycles. The largest absolute Gasteiger partial charge is 0.480 e. The Morgan fingerprint density at radius 1 is 1.27 bits per heavy atom. The van der Waals surface area contributed by atoms with E-state index in [0.717, 1.165) is 0 Å². The maximum atomic E-state index is 12.2. The van der Waals surface area contributed by atoms with Crippen molar-refractivity contribution in [3.05, 3.63) is 24.3 Å². The number of rotatable bonds is 8. The summed E-state index contributed by atoms with van der Waals surface area (Å²) in [6, 6.07) is 5.83. The molecular weight excluding hydrogens is 301 g/mol. The van der Waals surface area contributed by atoms with E-state index in [4.69, 9.17) is 10.5 Å². The summed E-state index contributed by atoms with van der Waals surface area (Å²) in [4.78, 5) is 11.5. The molecule has 0 spiro atoms. The van der Waals surface area contributed by atoms with E-state index < -0.39 is 12.8 Å². The zero-order chi connectivity index (χ0) is 16.6. The molecule has 0 aliphatic heterocycles. The van der Waals surface area contributed by atoms with Crippen LogP contribution in [0.15, 0.2) is 24.3 Å². The lowest BCUT2D eigenvalue weighted by atomic mass is 10.2. The topological polar surface area (TPSA) is 73.6 Å². The molecule has 1 amide bonds. The van der Waals surface area contributed by atoms with E-state index in [2.05, 4.69) is 10.1 Å². The Balaban J connectivity index is 2.46. The second-order valence-corrected chi connectivity index (χ2v) is 4.76. The van der Waals surface area contributed by atoms with Crippen LogP contribution in [-0.4, -0.2) is 37.9 Å². The zero-order valence-electron chi connectivity index (χ0n) is 12.2. The minimum absolute atomic E-state index is 0.0299. The maximum Gasteiger partial charge on any atom is 0.422 e. The number of carbonyl (C=O) groups is 1. The molecule has 1 unspecified atom stereocenters. The first-order chi connectivity index (χ1) is 10.3.